The van der Waals surface area contributed by atoms with E-state index in [2.05, 4.69) is 20.6 Å². The standard InChI is InChI=1S/C20H21FN4O/c1-13-5-6-18(26-16-7-9-22-10-8-16)19-17(13)12-23-20(25-19)24-15-4-2-3-14(21)11-15/h2-6,11-12,16,22H,7-10H2,1H3,(H,23,24,25). The molecule has 0 aliphatic carbocycles. The van der Waals surface area contributed by atoms with E-state index in [0.717, 1.165) is 48.1 Å². The molecule has 1 aliphatic rings. The fraction of sp³-hybridized carbons (Fsp3) is 0.300. The molecule has 3 aromatic rings. The number of benzene rings is 2. The quantitative estimate of drug-likeness (QED) is 0.744. The molecular weight excluding hydrogens is 331 g/mol. The number of aromatic nitrogens is 2. The zero-order chi connectivity index (χ0) is 17.9. The summed E-state index contributed by atoms with van der Waals surface area (Å²) >= 11 is 0. The molecule has 6 heteroatoms. The van der Waals surface area contributed by atoms with Crippen LogP contribution in [0.1, 0.15) is 18.4 Å². The van der Waals surface area contributed by atoms with Crippen LogP contribution in [0.3, 0.4) is 0 Å². The lowest BCUT2D eigenvalue weighted by molar-refractivity contribution is 0.164. The zero-order valence-electron chi connectivity index (χ0n) is 14.6. The first kappa shape index (κ1) is 16.7. The zero-order valence-corrected chi connectivity index (χ0v) is 14.6. The summed E-state index contributed by atoms with van der Waals surface area (Å²) in [5.74, 6) is 0.882. The van der Waals surface area contributed by atoms with Crippen LogP contribution in [-0.2, 0) is 0 Å². The first-order valence-corrected chi connectivity index (χ1v) is 8.85. The minimum Gasteiger partial charge on any atom is -0.488 e. The summed E-state index contributed by atoms with van der Waals surface area (Å²) in [6.07, 6.45) is 3.94. The van der Waals surface area contributed by atoms with Crippen molar-refractivity contribution >= 4 is 22.5 Å². The second kappa shape index (κ2) is 7.25. The Morgan fingerprint density at radius 3 is 2.85 bits per heavy atom. The number of anilines is 2. The number of piperidine rings is 1. The largest absolute Gasteiger partial charge is 0.488 e. The van der Waals surface area contributed by atoms with Crippen LogP contribution in [0.5, 0.6) is 5.75 Å². The molecule has 5 nitrogen and oxygen atoms in total. The summed E-state index contributed by atoms with van der Waals surface area (Å²) in [5, 5.41) is 7.36. The van der Waals surface area contributed by atoms with Gasteiger partial charge in [-0.15, -0.1) is 0 Å². The van der Waals surface area contributed by atoms with Gasteiger partial charge in [0, 0.05) is 17.3 Å². The Morgan fingerprint density at radius 1 is 1.19 bits per heavy atom. The van der Waals surface area contributed by atoms with Crippen molar-refractivity contribution in [3.05, 3.63) is 54.0 Å². The minimum absolute atomic E-state index is 0.191. The Morgan fingerprint density at radius 2 is 2.04 bits per heavy atom. The maximum absolute atomic E-state index is 13.4. The second-order valence-electron chi connectivity index (χ2n) is 6.54. The fourth-order valence-corrected chi connectivity index (χ4v) is 3.17. The molecule has 1 saturated heterocycles. The number of ether oxygens (including phenoxy) is 1. The minimum atomic E-state index is -0.304. The van der Waals surface area contributed by atoms with Crippen LogP contribution in [0.25, 0.3) is 10.9 Å². The summed E-state index contributed by atoms with van der Waals surface area (Å²) in [6.45, 7) is 3.96. The van der Waals surface area contributed by atoms with E-state index in [0.29, 0.717) is 11.6 Å². The molecule has 4 rings (SSSR count). The van der Waals surface area contributed by atoms with Crippen LogP contribution in [0, 0.1) is 12.7 Å². The molecule has 0 spiro atoms. The van der Waals surface area contributed by atoms with E-state index < -0.39 is 0 Å². The van der Waals surface area contributed by atoms with Gasteiger partial charge in [-0.05, 0) is 62.7 Å². The lowest BCUT2D eigenvalue weighted by Gasteiger charge is -2.24. The summed E-state index contributed by atoms with van der Waals surface area (Å²) in [7, 11) is 0. The molecule has 0 amide bonds. The number of fused-ring (bicyclic) bond motifs is 1. The van der Waals surface area contributed by atoms with Gasteiger partial charge in [-0.25, -0.2) is 14.4 Å². The Bertz CT molecular complexity index is 925. The highest BCUT2D eigenvalue weighted by molar-refractivity contribution is 5.87. The number of halogens is 1. The van der Waals surface area contributed by atoms with Crippen molar-refractivity contribution in [2.75, 3.05) is 18.4 Å². The fourth-order valence-electron chi connectivity index (χ4n) is 3.17. The molecule has 134 valence electrons. The molecule has 0 saturated carbocycles. The van der Waals surface area contributed by atoms with E-state index in [-0.39, 0.29) is 11.9 Å². The summed E-state index contributed by atoms with van der Waals surface area (Å²) < 4.78 is 19.6. The first-order valence-electron chi connectivity index (χ1n) is 8.85. The third-order valence-corrected chi connectivity index (χ3v) is 4.59. The molecule has 0 bridgehead atoms. The number of hydrogen-bond donors (Lipinski definition) is 2. The predicted octanol–water partition coefficient (Wildman–Crippen LogP) is 3.95. The highest BCUT2D eigenvalue weighted by Gasteiger charge is 2.17. The summed E-state index contributed by atoms with van der Waals surface area (Å²) in [4.78, 5) is 9.01. The highest BCUT2D eigenvalue weighted by atomic mass is 19.1. The van der Waals surface area contributed by atoms with Gasteiger partial charge in [0.05, 0.1) is 0 Å². The number of hydrogen-bond acceptors (Lipinski definition) is 5. The van der Waals surface area contributed by atoms with Gasteiger partial charge in [0.1, 0.15) is 23.2 Å². The smallest absolute Gasteiger partial charge is 0.227 e. The molecule has 2 heterocycles. The van der Waals surface area contributed by atoms with E-state index in [9.17, 15) is 4.39 Å². The molecule has 0 atom stereocenters. The van der Waals surface area contributed by atoms with Crippen LogP contribution in [0.15, 0.2) is 42.6 Å². The van der Waals surface area contributed by atoms with Gasteiger partial charge in [0.15, 0.2) is 0 Å². The van der Waals surface area contributed by atoms with Gasteiger partial charge < -0.3 is 15.4 Å². The molecular formula is C20H21FN4O. The van der Waals surface area contributed by atoms with E-state index in [1.165, 1.54) is 12.1 Å². The van der Waals surface area contributed by atoms with Crippen molar-refractivity contribution in [2.24, 2.45) is 0 Å². The van der Waals surface area contributed by atoms with Crippen LogP contribution in [0.4, 0.5) is 16.0 Å². The molecule has 1 aliphatic heterocycles. The van der Waals surface area contributed by atoms with Gasteiger partial charge >= 0.3 is 0 Å². The Labute approximate surface area is 151 Å². The lowest BCUT2D eigenvalue weighted by atomic mass is 10.1. The highest BCUT2D eigenvalue weighted by Crippen LogP contribution is 2.29. The van der Waals surface area contributed by atoms with Crippen molar-refractivity contribution in [3.8, 4) is 5.75 Å². The third kappa shape index (κ3) is 3.60. The van der Waals surface area contributed by atoms with Crippen molar-refractivity contribution in [1.29, 1.82) is 0 Å². The number of aryl methyl sites for hydroxylation is 1. The Hall–Kier alpha value is -2.73. The predicted molar refractivity (Wildman–Crippen MR) is 100 cm³/mol. The molecule has 0 radical (unpaired) electrons. The first-order chi connectivity index (χ1) is 12.7. The van der Waals surface area contributed by atoms with Crippen LogP contribution >= 0.6 is 0 Å². The average Bonchev–Trinajstić information content (AvgIpc) is 2.65. The van der Waals surface area contributed by atoms with Crippen molar-refractivity contribution in [2.45, 2.75) is 25.9 Å². The number of nitrogens with zero attached hydrogens (tertiary/aromatic N) is 2. The van der Waals surface area contributed by atoms with E-state index in [4.69, 9.17) is 4.74 Å². The third-order valence-electron chi connectivity index (χ3n) is 4.59. The molecule has 0 unspecified atom stereocenters. The molecule has 2 N–H and O–H groups in total. The van der Waals surface area contributed by atoms with Gasteiger partial charge in [0.2, 0.25) is 5.95 Å². The lowest BCUT2D eigenvalue weighted by Crippen LogP contribution is -2.34. The molecule has 1 fully saturated rings. The molecule has 26 heavy (non-hydrogen) atoms. The topological polar surface area (TPSA) is 59.1 Å². The van der Waals surface area contributed by atoms with E-state index in [1.54, 1.807) is 18.3 Å². The van der Waals surface area contributed by atoms with Crippen LogP contribution in [-0.4, -0.2) is 29.2 Å². The maximum Gasteiger partial charge on any atom is 0.227 e. The summed E-state index contributed by atoms with van der Waals surface area (Å²) in [6, 6.07) is 10.2. The van der Waals surface area contributed by atoms with Gasteiger partial charge in [-0.2, -0.15) is 0 Å². The van der Waals surface area contributed by atoms with Crippen molar-refractivity contribution in [3.63, 3.8) is 0 Å². The van der Waals surface area contributed by atoms with Crippen molar-refractivity contribution in [1.82, 2.24) is 15.3 Å². The second-order valence-corrected chi connectivity index (χ2v) is 6.54. The normalized spacial score (nSPS) is 15.2. The van der Waals surface area contributed by atoms with Crippen molar-refractivity contribution < 1.29 is 9.13 Å². The van der Waals surface area contributed by atoms with Crippen LogP contribution in [0.2, 0.25) is 0 Å². The number of nitrogens with one attached hydrogen (secondary N) is 2. The average molecular weight is 352 g/mol. The monoisotopic (exact) mass is 352 g/mol. The van der Waals surface area contributed by atoms with Crippen LogP contribution < -0.4 is 15.4 Å². The maximum atomic E-state index is 13.4. The SMILES string of the molecule is Cc1ccc(OC2CCNCC2)c2nc(Nc3cccc(F)c3)ncc12. The molecule has 1 aromatic heterocycles. The number of rotatable bonds is 4. The Kier molecular flexibility index (Phi) is 4.67. The van der Waals surface area contributed by atoms with E-state index in [1.807, 2.05) is 19.1 Å². The Balaban J connectivity index is 1.67. The van der Waals surface area contributed by atoms with Gasteiger partial charge in [-0.3, -0.25) is 0 Å². The molecule has 2 aromatic carbocycles. The van der Waals surface area contributed by atoms with E-state index >= 15 is 0 Å². The van der Waals surface area contributed by atoms with Gasteiger partial charge in [-0.1, -0.05) is 12.1 Å². The summed E-state index contributed by atoms with van der Waals surface area (Å²) in [5.41, 5.74) is 2.48. The van der Waals surface area contributed by atoms with Gasteiger partial charge in [0.25, 0.3) is 0 Å².